The number of hydrogen-bond acceptors (Lipinski definition) is 17. The standard InChI is InChI=1S/C24H25ClN4O2S.C24H23N5O2S.C23H22F2N4O3S.C23H24N4O2S/c1-15-12-19-21(11-10-20(25)23(19)26-14-15)29-22(13-16(2)27-29)28-32(30,31)18-8-6-17(7-9-18)24(3,4)5;1-24(2,3)17-10-12-19(13-11-17)32(30,31)28-23-15-18(16-25-4)27-29(23)22-9-5-8-21-20(22)7-6-14-26-21;1-15(2)32-16-9-11-17(12-10-16)33(30,31)28-22-14-21(23(3,24)25)27-29(22)20-8-4-7-19-18(20)6-5-13-26-19;1-16-13-22(26-30(28,29)20-11-9-19(10-12-20)23(2,3)4)27(25-16)21-14-17-7-5-6-8-18(17)15-24-21/h6-14,28H,1-5H3;5-15,28H,16H2,1-3H3;4-15,28H,1-3H3;5-15,26H,1-4H3. The van der Waals surface area contributed by atoms with Crippen molar-refractivity contribution in [2.75, 3.05) is 18.9 Å². The van der Waals surface area contributed by atoms with Crippen molar-refractivity contribution in [1.82, 2.24) is 59.1 Å². The third-order valence-corrected chi connectivity index (χ3v) is 25.8. The second-order valence-corrected chi connectivity index (χ2v) is 40.7. The Morgan fingerprint density at radius 1 is 0.425 bits per heavy atom. The van der Waals surface area contributed by atoms with E-state index in [4.69, 9.17) is 22.9 Å². The van der Waals surface area contributed by atoms with E-state index < -0.39 is 51.7 Å². The lowest BCUT2D eigenvalue weighted by molar-refractivity contribution is 0.0124. The fourth-order valence-electron chi connectivity index (χ4n) is 13.5. The number of alkyl halides is 2. The zero-order valence-corrected chi connectivity index (χ0v) is 76.3. The van der Waals surface area contributed by atoms with E-state index in [1.165, 1.54) is 33.6 Å². The van der Waals surface area contributed by atoms with Crippen LogP contribution in [-0.4, -0.2) is 98.8 Å². The van der Waals surface area contributed by atoms with Gasteiger partial charge in [0, 0.05) is 77.5 Å². The first-order valence-electron chi connectivity index (χ1n) is 40.1. The number of rotatable bonds is 20. The normalized spacial score (nSPS) is 12.2. The molecule has 16 aromatic rings. The number of aromatic nitrogens is 12. The molecule has 0 saturated heterocycles. The Bertz CT molecular complexity index is 7290. The van der Waals surface area contributed by atoms with Gasteiger partial charge in [-0.05, 0) is 212 Å². The molecule has 8 aromatic heterocycles. The van der Waals surface area contributed by atoms with Gasteiger partial charge in [-0.15, -0.1) is 0 Å². The summed E-state index contributed by atoms with van der Waals surface area (Å²) in [5, 5.41) is 22.3. The SMILES string of the molecule is CC(C)Oc1ccc(S(=O)(=O)Nc2cc(C(C)(F)F)nn2-c2cccc3ncccc23)cc1.Cc1cc(NS(=O)(=O)c2ccc(C(C)(C)C)cc2)n(-c2cc3ccccc3cn2)n1.Cc1cnc2c(Cl)ccc(-n3nc(C)cc3NS(=O)(=O)c3ccc(C(C)(C)C)cc3)c2c1.[C-]#[N+]Cc1cc(NS(=O)(=O)c2ccc(C(C)(C)C)cc2)n(-c2cccc3ncccc23)n1. The lowest BCUT2D eigenvalue weighted by atomic mass is 9.87. The molecule has 0 fully saturated rings. The second kappa shape index (κ2) is 36.3. The highest BCUT2D eigenvalue weighted by Crippen LogP contribution is 2.37. The van der Waals surface area contributed by atoms with E-state index in [-0.39, 0.29) is 60.1 Å². The van der Waals surface area contributed by atoms with Crippen LogP contribution in [0.1, 0.15) is 128 Å². The Kier molecular flexibility index (Phi) is 26.1. The molecule has 33 heteroatoms. The van der Waals surface area contributed by atoms with Crippen LogP contribution in [0.2, 0.25) is 5.02 Å². The smallest absolute Gasteiger partial charge is 0.288 e. The van der Waals surface area contributed by atoms with Crippen molar-refractivity contribution in [2.45, 2.75) is 158 Å². The number of anilines is 4. The van der Waals surface area contributed by atoms with Crippen molar-refractivity contribution in [3.63, 3.8) is 0 Å². The summed E-state index contributed by atoms with van der Waals surface area (Å²) in [6, 6.07) is 65.7. The molecule has 0 bridgehead atoms. The van der Waals surface area contributed by atoms with E-state index in [1.807, 2.05) is 144 Å². The average molecular weight is 1810 g/mol. The predicted molar refractivity (Wildman–Crippen MR) is 495 cm³/mol. The zero-order chi connectivity index (χ0) is 91.5. The topological polar surface area (TPSA) is 321 Å². The molecule has 0 spiro atoms. The lowest BCUT2D eigenvalue weighted by Crippen LogP contribution is -2.17. The molecule has 26 nitrogen and oxygen atoms in total. The molecule has 654 valence electrons. The number of hydrogen-bond donors (Lipinski definition) is 4. The molecule has 127 heavy (non-hydrogen) atoms. The minimum Gasteiger partial charge on any atom is -0.491 e. The summed E-state index contributed by atoms with van der Waals surface area (Å²) >= 11 is 6.34. The van der Waals surface area contributed by atoms with Gasteiger partial charge in [-0.2, -0.15) is 33.9 Å². The molecule has 0 aliphatic rings. The Labute approximate surface area is 742 Å². The summed E-state index contributed by atoms with van der Waals surface area (Å²) in [7, 11) is -15.6. The number of fused-ring (bicyclic) bond motifs is 4. The van der Waals surface area contributed by atoms with Gasteiger partial charge in [-0.25, -0.2) is 59.3 Å². The molecule has 4 N–H and O–H groups in total. The first-order valence-corrected chi connectivity index (χ1v) is 46.5. The summed E-state index contributed by atoms with van der Waals surface area (Å²) in [5.74, 6) is -1.38. The van der Waals surface area contributed by atoms with Gasteiger partial charge in [0.05, 0.1) is 75.7 Å². The van der Waals surface area contributed by atoms with Crippen LogP contribution in [0.4, 0.5) is 32.1 Å². The molecule has 8 aromatic carbocycles. The number of sulfonamides is 4. The molecule has 8 heterocycles. The fourth-order valence-corrected chi connectivity index (χ4v) is 17.9. The molecule has 0 amide bonds. The van der Waals surface area contributed by atoms with Gasteiger partial charge >= 0.3 is 0 Å². The van der Waals surface area contributed by atoms with Gasteiger partial charge in [0.15, 0.2) is 5.82 Å². The van der Waals surface area contributed by atoms with E-state index in [2.05, 4.69) is 126 Å². The van der Waals surface area contributed by atoms with Crippen molar-refractivity contribution < 1.29 is 47.2 Å². The Balaban J connectivity index is 0.000000145. The maximum Gasteiger partial charge on any atom is 0.288 e. The zero-order valence-electron chi connectivity index (χ0n) is 72.3. The second-order valence-electron chi connectivity index (χ2n) is 33.6. The number of benzene rings is 8. The number of ether oxygens (including phenoxy) is 1. The van der Waals surface area contributed by atoms with Crippen LogP contribution in [0, 0.1) is 27.3 Å². The first kappa shape index (κ1) is 91.4. The van der Waals surface area contributed by atoms with Gasteiger partial charge in [0.2, 0.25) is 0 Å². The fraction of sp³-hybridized carbons (Fsp3) is 0.223. The third-order valence-electron chi connectivity index (χ3n) is 20.1. The summed E-state index contributed by atoms with van der Waals surface area (Å²) in [4.78, 5) is 21.4. The number of aryl methyl sites for hydroxylation is 3. The third kappa shape index (κ3) is 21.4. The minimum atomic E-state index is -4.10. The quantitative estimate of drug-likeness (QED) is 0.0515. The molecule has 0 saturated carbocycles. The van der Waals surface area contributed by atoms with Crippen molar-refractivity contribution in [3.8, 4) is 28.6 Å². The van der Waals surface area contributed by atoms with Crippen molar-refractivity contribution >= 4 is 118 Å². The van der Waals surface area contributed by atoms with Crippen molar-refractivity contribution in [3.05, 3.63) is 317 Å². The predicted octanol–water partition coefficient (Wildman–Crippen LogP) is 20.7. The van der Waals surface area contributed by atoms with Gasteiger partial charge in [-0.1, -0.05) is 147 Å². The van der Waals surface area contributed by atoms with Gasteiger partial charge in [0.25, 0.3) is 52.6 Å². The maximum absolute atomic E-state index is 14.1. The van der Waals surface area contributed by atoms with Crippen LogP contribution >= 0.6 is 11.6 Å². The monoisotopic (exact) mass is 1810 g/mol. The summed E-state index contributed by atoms with van der Waals surface area (Å²) < 4.78 is 155. The summed E-state index contributed by atoms with van der Waals surface area (Å²) in [6.45, 7) is 36.0. The lowest BCUT2D eigenvalue weighted by Gasteiger charge is -2.19. The van der Waals surface area contributed by atoms with Crippen LogP contribution in [0.25, 0.3) is 71.2 Å². The largest absolute Gasteiger partial charge is 0.491 e. The van der Waals surface area contributed by atoms with E-state index in [1.54, 1.807) is 120 Å². The number of halogens is 3. The van der Waals surface area contributed by atoms with Crippen LogP contribution < -0.4 is 23.6 Å². The van der Waals surface area contributed by atoms with Crippen LogP contribution in [-0.2, 0) is 68.8 Å². The molecule has 0 radical (unpaired) electrons. The van der Waals surface area contributed by atoms with E-state index in [0.29, 0.717) is 85.7 Å². The van der Waals surface area contributed by atoms with Crippen molar-refractivity contribution in [2.24, 2.45) is 0 Å². The highest BCUT2D eigenvalue weighted by molar-refractivity contribution is 7.93. The Morgan fingerprint density at radius 2 is 0.843 bits per heavy atom. The molecular formula is C94H94ClF2N17O9S4. The Hall–Kier alpha value is -13.3. The highest BCUT2D eigenvalue weighted by atomic mass is 35.5. The number of pyridine rings is 4. The van der Waals surface area contributed by atoms with E-state index >= 15 is 0 Å². The highest BCUT2D eigenvalue weighted by Gasteiger charge is 2.33. The maximum atomic E-state index is 14.1. The molecule has 0 aliphatic carbocycles. The van der Waals surface area contributed by atoms with Crippen LogP contribution in [0.5, 0.6) is 5.75 Å². The molecule has 16 rings (SSSR count). The number of nitrogens with zero attached hydrogens (tertiary/aromatic N) is 13. The summed E-state index contributed by atoms with van der Waals surface area (Å²) in [5.41, 5.74) is 9.01. The first-order chi connectivity index (χ1) is 59.8. The van der Waals surface area contributed by atoms with Crippen molar-refractivity contribution in [1.29, 1.82) is 0 Å². The van der Waals surface area contributed by atoms with E-state index in [0.717, 1.165) is 60.1 Å². The molecular weight excluding hydrogens is 1710 g/mol. The van der Waals surface area contributed by atoms with Crippen LogP contribution in [0.3, 0.4) is 0 Å². The van der Waals surface area contributed by atoms with Gasteiger partial charge in [0.1, 0.15) is 40.4 Å². The average Bonchev–Trinajstić information content (AvgIpc) is 1.48. The van der Waals surface area contributed by atoms with Crippen LogP contribution in [0.15, 0.2) is 275 Å². The summed E-state index contributed by atoms with van der Waals surface area (Å²) in [6.07, 6.45) is 6.74. The van der Waals surface area contributed by atoms with Gasteiger partial charge in [-0.3, -0.25) is 33.8 Å². The van der Waals surface area contributed by atoms with Gasteiger partial charge < -0.3 is 9.58 Å². The van der Waals surface area contributed by atoms with E-state index in [9.17, 15) is 42.5 Å². The minimum absolute atomic E-state index is 0.0456. The molecule has 0 aliphatic heterocycles. The molecule has 0 atom stereocenters. The molecule has 0 unspecified atom stereocenters. The number of nitrogens with one attached hydrogen (secondary N) is 4. The Morgan fingerprint density at radius 3 is 1.30 bits per heavy atom.